The monoisotopic (exact) mass is 498 g/mol. The van der Waals surface area contributed by atoms with Crippen LogP contribution in [0.15, 0.2) is 52.9 Å². The van der Waals surface area contributed by atoms with Crippen molar-refractivity contribution in [3.05, 3.63) is 65.0 Å². The fraction of sp³-hybridized carbons (Fsp3) is 0.424. The minimum Gasteiger partial charge on any atom is -0.456 e. The molecular weight excluding hydrogens is 454 g/mol. The first-order valence-corrected chi connectivity index (χ1v) is 14.1. The summed E-state index contributed by atoms with van der Waals surface area (Å²) in [5.74, 6) is 0.940. The van der Waals surface area contributed by atoms with Crippen LogP contribution in [0.3, 0.4) is 0 Å². The first-order valence-electron chi connectivity index (χ1n) is 14.1. The highest BCUT2D eigenvalue weighted by Crippen LogP contribution is 2.44. The average Bonchev–Trinajstić information content (AvgIpc) is 2.90. The van der Waals surface area contributed by atoms with Crippen LogP contribution in [0.4, 0.5) is 11.4 Å². The van der Waals surface area contributed by atoms with Gasteiger partial charge in [0.05, 0.1) is 6.07 Å². The summed E-state index contributed by atoms with van der Waals surface area (Å²) < 4.78 is 9.06. The number of fused-ring (bicyclic) bond motifs is 2. The summed E-state index contributed by atoms with van der Waals surface area (Å²) >= 11 is 0. The Morgan fingerprint density at radius 1 is 0.649 bits per heavy atom. The predicted molar refractivity (Wildman–Crippen MR) is 161 cm³/mol. The second-order valence-corrected chi connectivity index (χ2v) is 9.81. The summed E-state index contributed by atoms with van der Waals surface area (Å²) in [4.78, 5) is 4.80. The molecule has 2 aromatic rings. The van der Waals surface area contributed by atoms with Crippen molar-refractivity contribution in [3.8, 4) is 22.5 Å². The Labute approximate surface area is 223 Å². The van der Waals surface area contributed by atoms with Gasteiger partial charge in [-0.15, -0.1) is 0 Å². The maximum absolute atomic E-state index is 6.68. The normalized spacial score (nSPS) is 11.4. The number of anilines is 2. The third-order valence-corrected chi connectivity index (χ3v) is 7.84. The zero-order valence-electron chi connectivity index (χ0n) is 24.1. The SMILES string of the molecule is CCN(CC)c1cc(C)c(-c2c3ccc(=[N+](CC)CC)cc-3oc3cc(N(CC)CC)ccc23)c(C)c1. The lowest BCUT2D eigenvalue weighted by atomic mass is 9.88. The highest BCUT2D eigenvalue weighted by Gasteiger charge is 2.22. The lowest BCUT2D eigenvalue weighted by molar-refractivity contribution is 0.604. The maximum Gasteiger partial charge on any atom is 0.203 e. The topological polar surface area (TPSA) is 22.6 Å². The van der Waals surface area contributed by atoms with Gasteiger partial charge in [0, 0.05) is 66.2 Å². The van der Waals surface area contributed by atoms with Gasteiger partial charge in [-0.3, -0.25) is 0 Å². The number of hydrogen-bond acceptors (Lipinski definition) is 3. The van der Waals surface area contributed by atoms with E-state index in [1.165, 1.54) is 49.9 Å². The smallest absolute Gasteiger partial charge is 0.203 e. The molecule has 0 bridgehead atoms. The van der Waals surface area contributed by atoms with Crippen LogP contribution >= 0.6 is 0 Å². The molecule has 4 heteroatoms. The van der Waals surface area contributed by atoms with E-state index in [1.807, 2.05) is 0 Å². The van der Waals surface area contributed by atoms with Crippen molar-refractivity contribution < 1.29 is 4.42 Å². The molecule has 196 valence electrons. The molecule has 4 nitrogen and oxygen atoms in total. The molecule has 1 aliphatic heterocycles. The first kappa shape index (κ1) is 26.8. The zero-order valence-corrected chi connectivity index (χ0v) is 24.1. The van der Waals surface area contributed by atoms with E-state index < -0.39 is 0 Å². The summed E-state index contributed by atoms with van der Waals surface area (Å²) in [6.07, 6.45) is 0. The lowest BCUT2D eigenvalue weighted by Crippen LogP contribution is -2.29. The molecule has 0 saturated carbocycles. The van der Waals surface area contributed by atoms with E-state index in [9.17, 15) is 0 Å². The molecule has 2 aromatic carbocycles. The molecule has 0 amide bonds. The van der Waals surface area contributed by atoms with Gasteiger partial charge in [0.2, 0.25) is 5.36 Å². The van der Waals surface area contributed by atoms with Gasteiger partial charge in [-0.05, 0) is 102 Å². The highest BCUT2D eigenvalue weighted by molar-refractivity contribution is 6.04. The molecule has 0 fully saturated rings. The molecular formula is C33H44N3O+. The van der Waals surface area contributed by atoms with Crippen LogP contribution in [-0.2, 0) is 0 Å². The van der Waals surface area contributed by atoms with Gasteiger partial charge in [0.1, 0.15) is 24.4 Å². The summed E-state index contributed by atoms with van der Waals surface area (Å²) in [5, 5.41) is 2.37. The zero-order chi connectivity index (χ0) is 26.7. The van der Waals surface area contributed by atoms with Crippen LogP contribution in [0.25, 0.3) is 33.4 Å². The molecule has 1 aliphatic carbocycles. The third kappa shape index (κ3) is 4.99. The van der Waals surface area contributed by atoms with Crippen molar-refractivity contribution in [2.45, 2.75) is 55.4 Å². The maximum atomic E-state index is 6.68. The number of hydrogen-bond donors (Lipinski definition) is 0. The average molecular weight is 499 g/mol. The largest absolute Gasteiger partial charge is 0.456 e. The van der Waals surface area contributed by atoms with Crippen LogP contribution in [0, 0.1) is 13.8 Å². The van der Waals surface area contributed by atoms with Gasteiger partial charge in [-0.2, -0.15) is 0 Å². The van der Waals surface area contributed by atoms with Crippen LogP contribution in [-0.4, -0.2) is 39.3 Å². The molecule has 2 aliphatic rings. The van der Waals surface area contributed by atoms with E-state index in [0.29, 0.717) is 0 Å². The minimum atomic E-state index is 0.940. The van der Waals surface area contributed by atoms with Gasteiger partial charge in [-0.25, -0.2) is 4.58 Å². The van der Waals surface area contributed by atoms with Crippen molar-refractivity contribution in [1.82, 2.24) is 4.58 Å². The van der Waals surface area contributed by atoms with Crippen LogP contribution in [0.1, 0.15) is 52.7 Å². The summed E-state index contributed by atoms with van der Waals surface area (Å²) in [6, 6.07) is 18.2. The number of rotatable bonds is 9. The summed E-state index contributed by atoms with van der Waals surface area (Å²) in [6.45, 7) is 23.7. The van der Waals surface area contributed by atoms with E-state index in [-0.39, 0.29) is 0 Å². The fourth-order valence-corrected chi connectivity index (χ4v) is 5.81. The van der Waals surface area contributed by atoms with E-state index in [4.69, 9.17) is 4.42 Å². The van der Waals surface area contributed by atoms with Crippen LogP contribution < -0.4 is 19.7 Å². The van der Waals surface area contributed by atoms with Crippen molar-refractivity contribution in [2.75, 3.05) is 49.1 Å². The molecule has 0 N–H and O–H groups in total. The number of aryl methyl sites for hydroxylation is 2. The Hall–Kier alpha value is -3.27. The molecule has 0 saturated heterocycles. The summed E-state index contributed by atoms with van der Waals surface area (Å²) in [5.41, 5.74) is 9.80. The molecule has 0 spiro atoms. The molecule has 0 aromatic heterocycles. The van der Waals surface area contributed by atoms with E-state index >= 15 is 0 Å². The Bertz CT molecular complexity index is 1390. The van der Waals surface area contributed by atoms with Crippen molar-refractivity contribution in [3.63, 3.8) is 0 Å². The first-order chi connectivity index (χ1) is 17.9. The van der Waals surface area contributed by atoms with Gasteiger partial charge < -0.3 is 14.2 Å². The molecule has 4 rings (SSSR count). The number of benzene rings is 3. The standard InChI is InChI=1S/C33H44N3O/c1-9-34(10-2)25-15-17-28-30(21-25)37-31-22-26(35(11-3)12-4)16-18-29(31)33(28)32-23(7)19-27(20-24(32)8)36(13-5)14-6/h15-22H,9-14H2,1-8H3/q+1. The van der Waals surface area contributed by atoms with Gasteiger partial charge in [-0.1, -0.05) is 0 Å². The van der Waals surface area contributed by atoms with E-state index in [1.54, 1.807) is 0 Å². The van der Waals surface area contributed by atoms with Crippen molar-refractivity contribution in [1.29, 1.82) is 0 Å². The second-order valence-electron chi connectivity index (χ2n) is 9.81. The molecule has 0 unspecified atom stereocenters. The van der Waals surface area contributed by atoms with Gasteiger partial charge >= 0.3 is 0 Å². The summed E-state index contributed by atoms with van der Waals surface area (Å²) in [7, 11) is 0. The minimum absolute atomic E-state index is 0.940. The van der Waals surface area contributed by atoms with Gasteiger partial charge in [0.15, 0.2) is 0 Å². The highest BCUT2D eigenvalue weighted by atomic mass is 16.3. The van der Waals surface area contributed by atoms with Crippen LogP contribution in [0.5, 0.6) is 0 Å². The quantitative estimate of drug-likeness (QED) is 0.178. The third-order valence-electron chi connectivity index (χ3n) is 7.84. The Morgan fingerprint density at radius 3 is 1.81 bits per heavy atom. The Balaban J connectivity index is 2.09. The lowest BCUT2D eigenvalue weighted by Gasteiger charge is -2.25. The number of nitrogens with zero attached hydrogens (tertiary/aromatic N) is 3. The van der Waals surface area contributed by atoms with Crippen molar-refractivity contribution in [2.24, 2.45) is 0 Å². The molecule has 0 atom stereocenters. The van der Waals surface area contributed by atoms with E-state index in [2.05, 4.69) is 118 Å². The Morgan fingerprint density at radius 2 is 1.24 bits per heavy atom. The molecule has 37 heavy (non-hydrogen) atoms. The molecule has 1 heterocycles. The van der Waals surface area contributed by atoms with Crippen molar-refractivity contribution >= 4 is 22.3 Å². The van der Waals surface area contributed by atoms with Gasteiger partial charge in [0.25, 0.3) is 0 Å². The fourth-order valence-electron chi connectivity index (χ4n) is 5.81. The van der Waals surface area contributed by atoms with E-state index in [0.717, 1.165) is 50.6 Å². The predicted octanol–water partition coefficient (Wildman–Crippen LogP) is 7.33. The second kappa shape index (κ2) is 11.4. The van der Waals surface area contributed by atoms with Crippen LogP contribution in [0.2, 0.25) is 0 Å². The Kier molecular flexibility index (Phi) is 8.26. The molecule has 0 radical (unpaired) electrons.